The van der Waals surface area contributed by atoms with Gasteiger partial charge in [0.15, 0.2) is 0 Å². The van der Waals surface area contributed by atoms with Crippen molar-refractivity contribution in [3.8, 4) is 11.4 Å². The van der Waals surface area contributed by atoms with Gasteiger partial charge in [0.25, 0.3) is 5.91 Å². The highest BCUT2D eigenvalue weighted by Gasteiger charge is 2.27. The number of fused-ring (bicyclic) bond motifs is 1. The Hall–Kier alpha value is -2.97. The summed E-state index contributed by atoms with van der Waals surface area (Å²) in [5.41, 5.74) is 3.94. The monoisotopic (exact) mass is 334 g/mol. The first-order valence-electron chi connectivity index (χ1n) is 7.81. The first-order valence-corrected chi connectivity index (χ1v) is 7.81. The van der Waals surface area contributed by atoms with Crippen LogP contribution in [-0.2, 0) is 18.3 Å². The first-order chi connectivity index (χ1) is 12.1. The lowest BCUT2D eigenvalue weighted by atomic mass is 9.79. The minimum Gasteiger partial charge on any atom is -0.423 e. The van der Waals surface area contributed by atoms with Crippen LogP contribution in [0.4, 0.5) is 5.69 Å². The van der Waals surface area contributed by atoms with Gasteiger partial charge in [-0.25, -0.2) is 0 Å². The average molecular weight is 334 g/mol. The van der Waals surface area contributed by atoms with Crippen molar-refractivity contribution in [1.29, 1.82) is 0 Å². The Morgan fingerprint density at radius 1 is 1.28 bits per heavy atom. The Bertz CT molecular complexity index is 942. The normalized spacial score (nSPS) is 13.0. The first kappa shape index (κ1) is 15.6. The van der Waals surface area contributed by atoms with Gasteiger partial charge in [-0.1, -0.05) is 12.1 Å². The van der Waals surface area contributed by atoms with Crippen LogP contribution in [0, 0.1) is 0 Å². The molecule has 4 rings (SSSR count). The molecule has 0 fully saturated rings. The van der Waals surface area contributed by atoms with Gasteiger partial charge in [-0.3, -0.25) is 14.5 Å². The molecule has 3 heterocycles. The third-order valence-corrected chi connectivity index (χ3v) is 4.11. The van der Waals surface area contributed by atoms with E-state index in [4.69, 9.17) is 4.65 Å². The van der Waals surface area contributed by atoms with Crippen LogP contribution in [0.15, 0.2) is 48.7 Å². The van der Waals surface area contributed by atoms with Gasteiger partial charge >= 0.3 is 7.12 Å². The van der Waals surface area contributed by atoms with Crippen LogP contribution in [0.2, 0.25) is 0 Å². The SMILES string of the molecule is Cn1nc(-c2ccccn2)cc1C(=O)Nc1ccc2c(c1)B(O)OC2. The van der Waals surface area contributed by atoms with Gasteiger partial charge in [0.05, 0.1) is 12.3 Å². The summed E-state index contributed by atoms with van der Waals surface area (Å²) in [6.07, 6.45) is 1.68. The number of carbonyl (C=O) groups excluding carboxylic acids is 1. The predicted molar refractivity (Wildman–Crippen MR) is 93.2 cm³/mol. The maximum absolute atomic E-state index is 12.6. The van der Waals surface area contributed by atoms with Crippen LogP contribution in [0.1, 0.15) is 16.1 Å². The van der Waals surface area contributed by atoms with Gasteiger partial charge in [0.2, 0.25) is 0 Å². The van der Waals surface area contributed by atoms with Gasteiger partial charge in [0.1, 0.15) is 11.4 Å². The highest BCUT2D eigenvalue weighted by atomic mass is 16.5. The fourth-order valence-electron chi connectivity index (χ4n) is 2.81. The van der Waals surface area contributed by atoms with Crippen molar-refractivity contribution in [3.05, 3.63) is 59.9 Å². The number of aromatic nitrogens is 3. The Morgan fingerprint density at radius 3 is 2.96 bits per heavy atom. The Kier molecular flexibility index (Phi) is 3.83. The summed E-state index contributed by atoms with van der Waals surface area (Å²) in [5, 5.41) is 16.9. The lowest BCUT2D eigenvalue weighted by molar-refractivity contribution is 0.101. The summed E-state index contributed by atoms with van der Waals surface area (Å²) < 4.78 is 6.68. The van der Waals surface area contributed by atoms with Crippen molar-refractivity contribution in [1.82, 2.24) is 14.8 Å². The largest absolute Gasteiger partial charge is 0.491 e. The van der Waals surface area contributed by atoms with E-state index in [0.29, 0.717) is 34.8 Å². The van der Waals surface area contributed by atoms with E-state index < -0.39 is 7.12 Å². The summed E-state index contributed by atoms with van der Waals surface area (Å²) in [6, 6.07) is 12.6. The van der Waals surface area contributed by atoms with E-state index in [0.717, 1.165) is 5.56 Å². The minimum absolute atomic E-state index is 0.287. The number of benzene rings is 1. The van der Waals surface area contributed by atoms with Crippen molar-refractivity contribution < 1.29 is 14.5 Å². The van der Waals surface area contributed by atoms with Crippen molar-refractivity contribution in [2.45, 2.75) is 6.61 Å². The number of hydrogen-bond donors (Lipinski definition) is 2. The molecule has 1 aliphatic rings. The standard InChI is InChI=1S/C17H15BN4O3/c1-22-16(9-15(21-22)14-4-2-3-7-19-14)17(23)20-12-6-5-11-10-25-18(24)13(11)8-12/h2-9,24H,10H2,1H3,(H,20,23). The molecule has 7 nitrogen and oxygen atoms in total. The second-order valence-electron chi connectivity index (χ2n) is 5.78. The molecular weight excluding hydrogens is 319 g/mol. The summed E-state index contributed by atoms with van der Waals surface area (Å²) in [5.74, 6) is -0.287. The smallest absolute Gasteiger partial charge is 0.423 e. The number of rotatable bonds is 3. The van der Waals surface area contributed by atoms with E-state index in [1.165, 1.54) is 4.68 Å². The van der Waals surface area contributed by atoms with E-state index in [1.807, 2.05) is 24.3 Å². The molecule has 1 aromatic carbocycles. The van der Waals surface area contributed by atoms with Crippen LogP contribution in [0.3, 0.4) is 0 Å². The second-order valence-corrected chi connectivity index (χ2v) is 5.78. The van der Waals surface area contributed by atoms with Crippen LogP contribution in [-0.4, -0.2) is 32.8 Å². The summed E-state index contributed by atoms with van der Waals surface area (Å²) >= 11 is 0. The molecule has 2 N–H and O–H groups in total. The molecule has 0 atom stereocenters. The van der Waals surface area contributed by atoms with E-state index in [-0.39, 0.29) is 5.91 Å². The Morgan fingerprint density at radius 2 is 2.16 bits per heavy atom. The minimum atomic E-state index is -0.945. The average Bonchev–Trinajstić information content (AvgIpc) is 3.19. The number of carbonyl (C=O) groups is 1. The van der Waals surface area contributed by atoms with Crippen molar-refractivity contribution in [2.24, 2.45) is 7.05 Å². The second kappa shape index (κ2) is 6.16. The van der Waals surface area contributed by atoms with E-state index >= 15 is 0 Å². The van der Waals surface area contributed by atoms with Gasteiger partial charge in [0, 0.05) is 18.9 Å². The lowest BCUT2D eigenvalue weighted by Crippen LogP contribution is -2.28. The van der Waals surface area contributed by atoms with Crippen LogP contribution < -0.4 is 10.8 Å². The molecular formula is C17H15BN4O3. The summed E-state index contributed by atoms with van der Waals surface area (Å²) in [4.78, 5) is 16.8. The fourth-order valence-corrected chi connectivity index (χ4v) is 2.81. The molecule has 0 radical (unpaired) electrons. The maximum Gasteiger partial charge on any atom is 0.491 e. The molecule has 0 unspecified atom stereocenters. The molecule has 0 saturated heterocycles. The topological polar surface area (TPSA) is 89.3 Å². The number of pyridine rings is 1. The zero-order chi connectivity index (χ0) is 17.4. The molecule has 1 aliphatic heterocycles. The van der Waals surface area contributed by atoms with Crippen molar-refractivity contribution in [3.63, 3.8) is 0 Å². The Balaban J connectivity index is 1.58. The summed E-state index contributed by atoms with van der Waals surface area (Å²) in [6.45, 7) is 0.375. The van der Waals surface area contributed by atoms with Crippen LogP contribution in [0.5, 0.6) is 0 Å². The van der Waals surface area contributed by atoms with Gasteiger partial charge in [-0.2, -0.15) is 5.10 Å². The fraction of sp³-hybridized carbons (Fsp3) is 0.118. The third kappa shape index (κ3) is 2.93. The third-order valence-electron chi connectivity index (χ3n) is 4.11. The molecule has 0 saturated carbocycles. The molecule has 124 valence electrons. The van der Waals surface area contributed by atoms with Gasteiger partial charge < -0.3 is 15.0 Å². The zero-order valence-corrected chi connectivity index (χ0v) is 13.5. The maximum atomic E-state index is 12.6. The highest BCUT2D eigenvalue weighted by Crippen LogP contribution is 2.18. The summed E-state index contributed by atoms with van der Waals surface area (Å²) in [7, 11) is 0.765. The number of amides is 1. The van der Waals surface area contributed by atoms with E-state index in [2.05, 4.69) is 15.4 Å². The van der Waals surface area contributed by atoms with Crippen molar-refractivity contribution >= 4 is 24.2 Å². The molecule has 0 aliphatic carbocycles. The molecule has 3 aromatic rings. The molecule has 25 heavy (non-hydrogen) atoms. The van der Waals surface area contributed by atoms with E-state index in [9.17, 15) is 9.82 Å². The van der Waals surface area contributed by atoms with Gasteiger partial charge in [-0.05, 0) is 41.4 Å². The highest BCUT2D eigenvalue weighted by molar-refractivity contribution is 6.61. The quantitative estimate of drug-likeness (QED) is 0.696. The zero-order valence-electron chi connectivity index (χ0n) is 13.5. The van der Waals surface area contributed by atoms with E-state index in [1.54, 1.807) is 31.4 Å². The number of hydrogen-bond acceptors (Lipinski definition) is 5. The number of nitrogens with zero attached hydrogens (tertiary/aromatic N) is 3. The molecule has 1 amide bonds. The Labute approximate surface area is 144 Å². The molecule has 2 aromatic heterocycles. The van der Waals surface area contributed by atoms with Crippen LogP contribution in [0.25, 0.3) is 11.4 Å². The number of aryl methyl sites for hydroxylation is 1. The number of nitrogens with one attached hydrogen (secondary N) is 1. The van der Waals surface area contributed by atoms with Crippen molar-refractivity contribution in [2.75, 3.05) is 5.32 Å². The molecule has 8 heteroatoms. The molecule has 0 bridgehead atoms. The predicted octanol–water partition coefficient (Wildman–Crippen LogP) is 0.952. The molecule has 0 spiro atoms. The lowest BCUT2D eigenvalue weighted by Gasteiger charge is -2.07. The van der Waals surface area contributed by atoms with Crippen LogP contribution >= 0.6 is 0 Å². The van der Waals surface area contributed by atoms with Gasteiger partial charge in [-0.15, -0.1) is 0 Å². The number of anilines is 1.